The van der Waals surface area contributed by atoms with Crippen molar-refractivity contribution in [3.8, 4) is 11.6 Å². The molecule has 1 fully saturated rings. The fourth-order valence-corrected chi connectivity index (χ4v) is 9.33. The molecule has 21 nitrogen and oxygen atoms in total. The second-order valence-corrected chi connectivity index (χ2v) is 17.9. The lowest BCUT2D eigenvalue weighted by atomic mass is 10.0. The zero-order valence-electron chi connectivity index (χ0n) is 40.1. The molecule has 75 heavy (non-hydrogen) atoms. The van der Waals surface area contributed by atoms with Gasteiger partial charge in [0, 0.05) is 81.3 Å². The van der Waals surface area contributed by atoms with Gasteiger partial charge >= 0.3 is 0 Å². The zero-order chi connectivity index (χ0) is 51.6. The van der Waals surface area contributed by atoms with Crippen LogP contribution in [-0.4, -0.2) is 116 Å². The summed E-state index contributed by atoms with van der Waals surface area (Å²) in [6.45, 7) is 2.82. The van der Waals surface area contributed by atoms with Crippen LogP contribution in [0.3, 0.4) is 0 Å². The number of hydrogen-bond donors (Lipinski definition) is 2. The van der Waals surface area contributed by atoms with E-state index < -0.39 is 11.7 Å². The van der Waals surface area contributed by atoms with Crippen molar-refractivity contribution in [2.45, 2.75) is 26.1 Å². The van der Waals surface area contributed by atoms with E-state index in [0.29, 0.717) is 95.6 Å². The molecule has 1 aliphatic heterocycles. The largest absolute Gasteiger partial charge is 0.383 e. The first-order chi connectivity index (χ1) is 36.6. The predicted octanol–water partition coefficient (Wildman–Crippen LogP) is 5.46. The van der Waals surface area contributed by atoms with Crippen molar-refractivity contribution in [3.05, 3.63) is 186 Å². The third kappa shape index (κ3) is 9.71. The maximum atomic E-state index is 15.5. The molecule has 0 spiro atoms. The smallest absolute Gasteiger partial charge is 0.278 e. The standard InChI is InChI=1S/C52H45ClFN15O6/c1-74-24-22-66-50(73)40-30-58-52(61-46(40)69(66)44-7-3-5-17-56-44)59-34-10-12-35(13-11-34)64-18-20-65(21-19-64)48(71)38-26-32(9-15-41(38)54)28-42-37-27-33(8-14-36(37)47(70)63-62-42)31-75-25-23-67-49(72)39-29-57-51(53)60-45(39)68(67)43-6-2-4-16-55-43/h2-17,26-27,29-30H,18-25,28,31H2,1H3,(H,63,70)(H,58,59,61). The van der Waals surface area contributed by atoms with E-state index in [9.17, 15) is 19.2 Å². The zero-order valence-corrected chi connectivity index (χ0v) is 40.9. The molecular weight excluding hydrogens is 985 g/mol. The van der Waals surface area contributed by atoms with Crippen LogP contribution in [0.1, 0.15) is 27.2 Å². The van der Waals surface area contributed by atoms with Crippen LogP contribution in [0.2, 0.25) is 5.28 Å². The number of piperazine rings is 1. The first-order valence-corrected chi connectivity index (χ1v) is 24.2. The number of methoxy groups -OCH3 is 1. The number of benzene rings is 3. The fraction of sp³-hybridized carbons (Fsp3) is 0.212. The van der Waals surface area contributed by atoms with Crippen molar-refractivity contribution in [1.29, 1.82) is 0 Å². The highest BCUT2D eigenvalue weighted by Gasteiger charge is 2.26. The van der Waals surface area contributed by atoms with E-state index in [1.54, 1.807) is 88.4 Å². The number of pyridine rings is 2. The summed E-state index contributed by atoms with van der Waals surface area (Å²) in [6, 6.07) is 28.2. The average Bonchev–Trinajstić information content (AvgIpc) is 3.88. The van der Waals surface area contributed by atoms with E-state index in [1.807, 2.05) is 36.4 Å². The molecule has 1 aliphatic rings. The number of anilines is 3. The SMILES string of the molecule is COCCn1c(=O)c2cnc(Nc3ccc(N4CCN(C(=O)c5cc(Cc6n[nH]c(=O)c7ccc(COCCn8c(=O)c9cnc(Cl)nc9n8-c8ccccn8)cc67)ccc5F)CC4)cc3)nc2n1-c1ccccn1. The van der Waals surface area contributed by atoms with Crippen LogP contribution in [0.5, 0.6) is 0 Å². The highest BCUT2D eigenvalue weighted by molar-refractivity contribution is 6.28. The van der Waals surface area contributed by atoms with Gasteiger partial charge in [-0.05, 0) is 95.5 Å². The summed E-state index contributed by atoms with van der Waals surface area (Å²) in [4.78, 5) is 83.8. The second-order valence-electron chi connectivity index (χ2n) is 17.5. The Morgan fingerprint density at radius 2 is 1.39 bits per heavy atom. The van der Waals surface area contributed by atoms with Crippen LogP contribution < -0.4 is 26.9 Å². The molecular formula is C52H45ClFN15O6. The Kier molecular flexibility index (Phi) is 13.4. The minimum absolute atomic E-state index is 0.00773. The lowest BCUT2D eigenvalue weighted by molar-refractivity contribution is 0.0742. The van der Waals surface area contributed by atoms with Gasteiger partial charge in [0.25, 0.3) is 22.6 Å². The topological polar surface area (TPSA) is 231 Å². The summed E-state index contributed by atoms with van der Waals surface area (Å²) >= 11 is 6.10. The first-order valence-electron chi connectivity index (χ1n) is 23.8. The Hall–Kier alpha value is -8.99. The minimum atomic E-state index is -0.640. The van der Waals surface area contributed by atoms with Crippen molar-refractivity contribution in [2.24, 2.45) is 0 Å². The monoisotopic (exact) mass is 1030 g/mol. The van der Waals surface area contributed by atoms with E-state index in [0.717, 1.165) is 16.9 Å². The van der Waals surface area contributed by atoms with Gasteiger partial charge in [0.2, 0.25) is 11.2 Å². The molecule has 2 N–H and O–H groups in total. The van der Waals surface area contributed by atoms with Crippen molar-refractivity contribution < 1.29 is 18.7 Å². The number of H-pyrrole nitrogens is 1. The molecule has 11 rings (SSSR count). The Morgan fingerprint density at radius 1 is 0.720 bits per heavy atom. The van der Waals surface area contributed by atoms with Crippen LogP contribution >= 0.6 is 11.6 Å². The van der Waals surface area contributed by atoms with Crippen molar-refractivity contribution in [1.82, 2.24) is 63.7 Å². The maximum Gasteiger partial charge on any atom is 0.278 e. The number of fused-ring (bicyclic) bond motifs is 3. The summed E-state index contributed by atoms with van der Waals surface area (Å²) in [5, 5.41) is 11.8. The number of carbonyl (C=O) groups is 1. The lowest BCUT2D eigenvalue weighted by Crippen LogP contribution is -2.49. The molecule has 378 valence electrons. The summed E-state index contributed by atoms with van der Waals surface area (Å²) in [5.74, 6) is 0.228. The summed E-state index contributed by atoms with van der Waals surface area (Å²) in [7, 11) is 1.57. The highest BCUT2D eigenvalue weighted by Crippen LogP contribution is 2.26. The normalized spacial score (nSPS) is 12.8. The highest BCUT2D eigenvalue weighted by atomic mass is 35.5. The molecule has 0 radical (unpaired) electrons. The molecule has 3 aromatic carbocycles. The third-order valence-corrected chi connectivity index (χ3v) is 13.1. The van der Waals surface area contributed by atoms with Gasteiger partial charge in [0.15, 0.2) is 22.9 Å². The Morgan fingerprint density at radius 3 is 2.07 bits per heavy atom. The predicted molar refractivity (Wildman–Crippen MR) is 278 cm³/mol. The van der Waals surface area contributed by atoms with Crippen molar-refractivity contribution in [2.75, 3.05) is 56.7 Å². The molecule has 8 heterocycles. The number of carbonyl (C=O) groups excluding carboxylic acids is 1. The van der Waals surface area contributed by atoms with Crippen LogP contribution in [0.25, 0.3) is 44.5 Å². The lowest BCUT2D eigenvalue weighted by Gasteiger charge is -2.36. The minimum Gasteiger partial charge on any atom is -0.383 e. The van der Waals surface area contributed by atoms with Gasteiger partial charge in [-0.1, -0.05) is 24.3 Å². The quantitative estimate of drug-likeness (QED) is 0.0905. The third-order valence-electron chi connectivity index (χ3n) is 12.9. The summed E-state index contributed by atoms with van der Waals surface area (Å²) < 4.78 is 33.1. The number of aromatic nitrogens is 12. The van der Waals surface area contributed by atoms with Gasteiger partial charge in [-0.2, -0.15) is 15.1 Å². The molecule has 23 heteroatoms. The van der Waals surface area contributed by atoms with Crippen LogP contribution in [-0.2, 0) is 35.6 Å². The van der Waals surface area contributed by atoms with E-state index in [-0.39, 0.29) is 59.1 Å². The molecule has 1 saturated heterocycles. The molecule has 10 aromatic rings. The molecule has 0 unspecified atom stereocenters. The molecule has 7 aromatic heterocycles. The summed E-state index contributed by atoms with van der Waals surface area (Å²) in [6.07, 6.45) is 6.34. The van der Waals surface area contributed by atoms with Crippen LogP contribution in [0.4, 0.5) is 21.7 Å². The second kappa shape index (κ2) is 20.9. The maximum absolute atomic E-state index is 15.5. The van der Waals surface area contributed by atoms with E-state index in [2.05, 4.69) is 45.3 Å². The van der Waals surface area contributed by atoms with Gasteiger partial charge in [0.1, 0.15) is 16.6 Å². The van der Waals surface area contributed by atoms with Crippen molar-refractivity contribution >= 4 is 67.7 Å². The van der Waals surface area contributed by atoms with E-state index in [1.165, 1.54) is 27.8 Å². The number of hydrogen-bond acceptors (Lipinski definition) is 15. The van der Waals surface area contributed by atoms with Gasteiger partial charge in [0.05, 0.1) is 49.6 Å². The number of nitrogens with zero attached hydrogens (tertiary/aromatic N) is 13. The molecule has 0 atom stereocenters. The molecule has 0 aliphatic carbocycles. The Labute approximate surface area is 429 Å². The summed E-state index contributed by atoms with van der Waals surface area (Å²) in [5.41, 5.74) is 3.25. The molecule has 1 amide bonds. The van der Waals surface area contributed by atoms with Gasteiger partial charge < -0.3 is 24.6 Å². The number of amides is 1. The molecule has 0 saturated carbocycles. The van der Waals surface area contributed by atoms with Gasteiger partial charge in [-0.3, -0.25) is 19.2 Å². The van der Waals surface area contributed by atoms with Gasteiger partial charge in [-0.15, -0.1) is 0 Å². The fourth-order valence-electron chi connectivity index (χ4n) is 9.20. The van der Waals surface area contributed by atoms with Crippen LogP contribution in [0.15, 0.2) is 136 Å². The van der Waals surface area contributed by atoms with Gasteiger partial charge in [-0.25, -0.2) is 48.2 Å². The number of halogens is 2. The Bertz CT molecular complexity index is 3930. The molecule has 0 bridgehead atoms. The van der Waals surface area contributed by atoms with E-state index in [4.69, 9.17) is 26.1 Å². The number of rotatable bonds is 16. The van der Waals surface area contributed by atoms with Crippen molar-refractivity contribution in [3.63, 3.8) is 0 Å². The number of aromatic amines is 1. The van der Waals surface area contributed by atoms with Crippen LogP contribution in [0, 0.1) is 5.82 Å². The number of ether oxygens (including phenoxy) is 2. The first kappa shape index (κ1) is 48.3. The average molecular weight is 1030 g/mol. The number of nitrogens with one attached hydrogen (secondary N) is 2. The Balaban J connectivity index is 0.730. The van der Waals surface area contributed by atoms with E-state index >= 15 is 4.39 Å².